The minimum absolute atomic E-state index is 0.0632. The molecule has 0 radical (unpaired) electrons. The highest BCUT2D eigenvalue weighted by Gasteiger charge is 2.38. The Labute approximate surface area is 176 Å². The second-order valence-corrected chi connectivity index (χ2v) is 8.31. The molecule has 0 aliphatic heterocycles. The van der Waals surface area contributed by atoms with Gasteiger partial charge in [-0.1, -0.05) is 19.4 Å². The lowest BCUT2D eigenvalue weighted by Gasteiger charge is -2.13. The number of hydrogen-bond donors (Lipinski definition) is 1. The van der Waals surface area contributed by atoms with E-state index >= 15 is 0 Å². The quantitative estimate of drug-likeness (QED) is 0.568. The maximum absolute atomic E-state index is 14.6. The first-order valence-corrected chi connectivity index (χ1v) is 10.5. The van der Waals surface area contributed by atoms with Crippen molar-refractivity contribution in [3.05, 3.63) is 65.2 Å². The molecule has 1 aliphatic rings. The number of aryl methyl sites for hydroxylation is 1. The summed E-state index contributed by atoms with van der Waals surface area (Å²) in [5.74, 6) is 1.17. The molecule has 3 aromatic rings. The topological polar surface area (TPSA) is 59.8 Å². The molecule has 1 saturated carbocycles. The fraction of sp³-hybridized carbons (Fsp3) is 0.375. The molecule has 156 valence electrons. The number of halogens is 1. The van der Waals surface area contributed by atoms with Gasteiger partial charge in [0.25, 0.3) is 5.91 Å². The molecular weight excluding hydrogens is 379 g/mol. The third kappa shape index (κ3) is 3.86. The van der Waals surface area contributed by atoms with E-state index < -0.39 is 11.7 Å². The van der Waals surface area contributed by atoms with Crippen LogP contribution in [0.5, 0.6) is 0 Å². The summed E-state index contributed by atoms with van der Waals surface area (Å²) in [6.07, 6.45) is 5.84. The van der Waals surface area contributed by atoms with Crippen molar-refractivity contribution in [1.29, 1.82) is 0 Å². The van der Waals surface area contributed by atoms with Gasteiger partial charge in [-0.25, -0.2) is 14.4 Å². The smallest absolute Gasteiger partial charge is 0.259 e. The fourth-order valence-corrected chi connectivity index (χ4v) is 4.08. The molecule has 30 heavy (non-hydrogen) atoms. The Morgan fingerprint density at radius 3 is 2.83 bits per heavy atom. The average Bonchev–Trinajstić information content (AvgIpc) is 3.31. The maximum Gasteiger partial charge on any atom is 0.259 e. The molecule has 1 N–H and O–H groups in total. The molecule has 6 heteroatoms. The van der Waals surface area contributed by atoms with E-state index in [4.69, 9.17) is 0 Å². The molecule has 2 aromatic heterocycles. The molecule has 5 nitrogen and oxygen atoms in total. The first-order valence-electron chi connectivity index (χ1n) is 10.5. The fourth-order valence-electron chi connectivity index (χ4n) is 4.08. The van der Waals surface area contributed by atoms with Crippen LogP contribution in [-0.4, -0.2) is 20.4 Å². The van der Waals surface area contributed by atoms with Gasteiger partial charge in [0.2, 0.25) is 0 Å². The van der Waals surface area contributed by atoms with Gasteiger partial charge in [-0.05, 0) is 74.4 Å². The van der Waals surface area contributed by atoms with Crippen LogP contribution in [0, 0.1) is 18.7 Å². The number of rotatable bonds is 6. The van der Waals surface area contributed by atoms with E-state index in [1.54, 1.807) is 18.3 Å². The normalized spacial score (nSPS) is 17.9. The molecule has 1 amide bonds. The predicted molar refractivity (Wildman–Crippen MR) is 116 cm³/mol. The predicted octanol–water partition coefficient (Wildman–Crippen LogP) is 5.74. The molecule has 0 saturated heterocycles. The van der Waals surface area contributed by atoms with E-state index in [1.165, 1.54) is 6.07 Å². The largest absolute Gasteiger partial charge is 0.327 e. The summed E-state index contributed by atoms with van der Waals surface area (Å²) < 4.78 is 16.6. The zero-order chi connectivity index (χ0) is 21.4. The van der Waals surface area contributed by atoms with Crippen LogP contribution in [0.3, 0.4) is 0 Å². The maximum atomic E-state index is 14.6. The number of aromatic nitrogens is 3. The molecule has 1 fully saturated rings. The summed E-state index contributed by atoms with van der Waals surface area (Å²) in [7, 11) is 0. The van der Waals surface area contributed by atoms with Crippen LogP contribution in [0.25, 0.3) is 11.5 Å². The second kappa shape index (κ2) is 8.01. The lowest BCUT2D eigenvalue weighted by atomic mass is 9.98. The number of nitrogens with zero attached hydrogens (tertiary/aromatic N) is 3. The highest BCUT2D eigenvalue weighted by atomic mass is 19.1. The molecule has 1 aromatic carbocycles. The van der Waals surface area contributed by atoms with Crippen LogP contribution < -0.4 is 5.32 Å². The van der Waals surface area contributed by atoms with Crippen LogP contribution in [0.15, 0.2) is 42.7 Å². The average molecular weight is 407 g/mol. The standard InChI is InChI=1S/C24H27FN4O/c1-5-16-12-18(16)17-13-19(20(25)11-15(17)4)24(30)28-22-8-6-7-21(27-22)23-26-9-10-29(23)14(2)3/h6-11,13-14,16,18H,5,12H2,1-4H3,(H,27,28,30). The zero-order valence-electron chi connectivity index (χ0n) is 17.8. The van der Waals surface area contributed by atoms with E-state index in [9.17, 15) is 9.18 Å². The van der Waals surface area contributed by atoms with E-state index in [-0.39, 0.29) is 11.6 Å². The minimum atomic E-state index is -0.506. The number of anilines is 1. The van der Waals surface area contributed by atoms with Crippen LogP contribution >= 0.6 is 0 Å². The van der Waals surface area contributed by atoms with Gasteiger partial charge in [-0.3, -0.25) is 4.79 Å². The van der Waals surface area contributed by atoms with Crippen LogP contribution in [-0.2, 0) is 0 Å². The second-order valence-electron chi connectivity index (χ2n) is 8.31. The van der Waals surface area contributed by atoms with Crippen LogP contribution in [0.1, 0.15) is 67.1 Å². The molecule has 0 bridgehead atoms. The van der Waals surface area contributed by atoms with Crippen molar-refractivity contribution in [2.24, 2.45) is 5.92 Å². The van der Waals surface area contributed by atoms with Gasteiger partial charge in [-0.15, -0.1) is 0 Å². The van der Waals surface area contributed by atoms with E-state index in [0.717, 1.165) is 29.8 Å². The number of benzene rings is 1. The highest BCUT2D eigenvalue weighted by molar-refractivity contribution is 6.04. The summed E-state index contributed by atoms with van der Waals surface area (Å²) in [4.78, 5) is 21.8. The molecule has 4 rings (SSSR count). The Morgan fingerprint density at radius 2 is 2.13 bits per heavy atom. The van der Waals surface area contributed by atoms with Crippen molar-refractivity contribution >= 4 is 11.7 Å². The number of amides is 1. The number of hydrogen-bond acceptors (Lipinski definition) is 3. The zero-order valence-corrected chi connectivity index (χ0v) is 17.8. The van der Waals surface area contributed by atoms with Crippen molar-refractivity contribution in [3.63, 3.8) is 0 Å². The van der Waals surface area contributed by atoms with Crippen molar-refractivity contribution in [2.45, 2.75) is 52.5 Å². The summed E-state index contributed by atoms with van der Waals surface area (Å²) >= 11 is 0. The Morgan fingerprint density at radius 1 is 1.33 bits per heavy atom. The Kier molecular flexibility index (Phi) is 5.41. The lowest BCUT2D eigenvalue weighted by molar-refractivity contribution is 0.102. The third-order valence-corrected chi connectivity index (χ3v) is 5.89. The van der Waals surface area contributed by atoms with E-state index in [1.807, 2.05) is 29.8 Å². The number of pyridine rings is 1. The minimum Gasteiger partial charge on any atom is -0.327 e. The monoisotopic (exact) mass is 406 g/mol. The number of carbonyl (C=O) groups is 1. The SMILES string of the molecule is CCC1CC1c1cc(C(=O)Nc2cccc(-c3nccn3C(C)C)n2)c(F)cc1C. The molecule has 0 spiro atoms. The van der Waals surface area contributed by atoms with Gasteiger partial charge in [0.05, 0.1) is 5.56 Å². The van der Waals surface area contributed by atoms with Gasteiger partial charge >= 0.3 is 0 Å². The summed E-state index contributed by atoms with van der Waals surface area (Å²) in [5.41, 5.74) is 2.70. The molecule has 2 heterocycles. The van der Waals surface area contributed by atoms with Gasteiger partial charge in [0, 0.05) is 18.4 Å². The molecule has 2 atom stereocenters. The number of nitrogens with one attached hydrogen (secondary N) is 1. The summed E-state index contributed by atoms with van der Waals surface area (Å²) in [6, 6.07) is 8.78. The van der Waals surface area contributed by atoms with Crippen molar-refractivity contribution < 1.29 is 9.18 Å². The third-order valence-electron chi connectivity index (χ3n) is 5.89. The first kappa shape index (κ1) is 20.3. The van der Waals surface area contributed by atoms with Crippen LogP contribution in [0.2, 0.25) is 0 Å². The van der Waals surface area contributed by atoms with Crippen molar-refractivity contribution in [1.82, 2.24) is 14.5 Å². The van der Waals surface area contributed by atoms with Gasteiger partial charge in [0.15, 0.2) is 5.82 Å². The summed E-state index contributed by atoms with van der Waals surface area (Å²) in [5, 5.41) is 2.75. The number of imidazole rings is 1. The van der Waals surface area contributed by atoms with Crippen molar-refractivity contribution in [2.75, 3.05) is 5.32 Å². The van der Waals surface area contributed by atoms with Gasteiger partial charge in [-0.2, -0.15) is 0 Å². The van der Waals surface area contributed by atoms with Crippen LogP contribution in [0.4, 0.5) is 10.2 Å². The summed E-state index contributed by atoms with van der Waals surface area (Å²) in [6.45, 7) is 8.21. The molecule has 1 aliphatic carbocycles. The first-order chi connectivity index (χ1) is 14.4. The Bertz CT molecular complexity index is 1090. The van der Waals surface area contributed by atoms with E-state index in [2.05, 4.69) is 36.1 Å². The lowest BCUT2D eigenvalue weighted by Crippen LogP contribution is -2.16. The molecule has 2 unspecified atom stereocenters. The Hall–Kier alpha value is -3.02. The van der Waals surface area contributed by atoms with Gasteiger partial charge < -0.3 is 9.88 Å². The van der Waals surface area contributed by atoms with E-state index in [0.29, 0.717) is 23.3 Å². The highest BCUT2D eigenvalue weighted by Crippen LogP contribution is 2.50. The molecular formula is C24H27FN4O. The van der Waals surface area contributed by atoms with Crippen molar-refractivity contribution in [3.8, 4) is 11.5 Å². The number of carbonyl (C=O) groups excluding carboxylic acids is 1. The Balaban J connectivity index is 1.59. The van der Waals surface area contributed by atoms with Gasteiger partial charge in [0.1, 0.15) is 17.3 Å².